The Bertz CT molecular complexity index is 1290. The number of hydrogen-bond acceptors (Lipinski definition) is 5. The van der Waals surface area contributed by atoms with Crippen LogP contribution in [0.3, 0.4) is 0 Å². The van der Waals surface area contributed by atoms with Gasteiger partial charge < -0.3 is 5.32 Å². The van der Waals surface area contributed by atoms with E-state index in [1.165, 1.54) is 36.4 Å². The number of fused-ring (bicyclic) bond motifs is 2. The van der Waals surface area contributed by atoms with Crippen molar-refractivity contribution in [3.05, 3.63) is 105 Å². The van der Waals surface area contributed by atoms with Crippen LogP contribution < -0.4 is 5.32 Å². The number of likely N-dealkylation sites (tertiary alicyclic amines) is 1. The Kier molecular flexibility index (Phi) is 4.83. The molecule has 0 bridgehead atoms. The third-order valence-electron chi connectivity index (χ3n) is 6.78. The first-order valence-electron chi connectivity index (χ1n) is 10.5. The maximum Gasteiger partial charge on any atom is 0.269 e. The number of non-ortho nitro benzene ring substituents is 1. The smallest absolute Gasteiger partial charge is 0.269 e. The van der Waals surface area contributed by atoms with Crippen LogP contribution in [0, 0.1) is 21.8 Å². The first kappa shape index (κ1) is 21.0. The molecule has 1 N–H and O–H groups in total. The summed E-state index contributed by atoms with van der Waals surface area (Å²) in [6.07, 6.45) is 0. The van der Waals surface area contributed by atoms with E-state index in [0.717, 1.165) is 0 Å². The lowest BCUT2D eigenvalue weighted by atomic mass is 9.70. The summed E-state index contributed by atoms with van der Waals surface area (Å²) in [5.74, 6) is -2.48. The third kappa shape index (κ3) is 3.06. The zero-order valence-electron chi connectivity index (χ0n) is 17.7. The SMILES string of the molecule is CN1C[C@H](c2cccc([N+](=O)[O-])c2)[C@@H](C(=O)c2ccc(F)cc2)[C@@]12C(=O)Nc1ccccc12. The highest BCUT2D eigenvalue weighted by atomic mass is 19.1. The van der Waals surface area contributed by atoms with Crippen molar-refractivity contribution in [2.45, 2.75) is 11.5 Å². The van der Waals surface area contributed by atoms with E-state index in [4.69, 9.17) is 0 Å². The molecule has 3 aromatic carbocycles. The number of benzene rings is 3. The van der Waals surface area contributed by atoms with Crippen LogP contribution in [0.25, 0.3) is 0 Å². The zero-order chi connectivity index (χ0) is 23.3. The number of ketones is 1. The number of nitrogens with one attached hydrogen (secondary N) is 1. The molecule has 33 heavy (non-hydrogen) atoms. The predicted molar refractivity (Wildman–Crippen MR) is 119 cm³/mol. The first-order chi connectivity index (χ1) is 15.8. The maximum absolute atomic E-state index is 14.0. The quantitative estimate of drug-likeness (QED) is 0.371. The number of halogens is 1. The number of likely N-dealkylation sites (N-methyl/N-ethyl adjacent to an activating group) is 1. The molecule has 1 amide bonds. The fourth-order valence-electron chi connectivity index (χ4n) is 5.36. The summed E-state index contributed by atoms with van der Waals surface area (Å²) in [7, 11) is 1.78. The van der Waals surface area contributed by atoms with Gasteiger partial charge in [-0.15, -0.1) is 0 Å². The molecular formula is C25H20FN3O4. The van der Waals surface area contributed by atoms with Gasteiger partial charge in [0.1, 0.15) is 11.4 Å². The van der Waals surface area contributed by atoms with Gasteiger partial charge in [-0.2, -0.15) is 0 Å². The number of rotatable bonds is 4. The molecule has 8 heteroatoms. The summed E-state index contributed by atoms with van der Waals surface area (Å²) in [5.41, 5.74) is 0.823. The van der Waals surface area contributed by atoms with E-state index in [2.05, 4.69) is 5.32 Å². The molecule has 2 aliphatic rings. The molecule has 1 fully saturated rings. The Hall–Kier alpha value is -3.91. The lowest BCUT2D eigenvalue weighted by Gasteiger charge is -2.35. The van der Waals surface area contributed by atoms with Crippen LogP contribution in [-0.4, -0.2) is 35.1 Å². The van der Waals surface area contributed by atoms with Crippen molar-refractivity contribution in [1.29, 1.82) is 0 Å². The average Bonchev–Trinajstić information content (AvgIpc) is 3.29. The van der Waals surface area contributed by atoms with Crippen molar-refractivity contribution < 1.29 is 18.9 Å². The summed E-state index contributed by atoms with van der Waals surface area (Å²) in [5, 5.41) is 14.3. The van der Waals surface area contributed by atoms with E-state index in [0.29, 0.717) is 23.4 Å². The number of Topliss-reactive ketones (excluding diaryl/α,β-unsaturated/α-hetero) is 1. The van der Waals surface area contributed by atoms with E-state index >= 15 is 0 Å². The molecule has 0 aromatic heterocycles. The van der Waals surface area contributed by atoms with Gasteiger partial charge in [-0.3, -0.25) is 24.6 Å². The van der Waals surface area contributed by atoms with Crippen LogP contribution in [0.1, 0.15) is 27.4 Å². The molecule has 0 aliphatic carbocycles. The topological polar surface area (TPSA) is 92.5 Å². The van der Waals surface area contributed by atoms with E-state index in [1.54, 1.807) is 25.2 Å². The fourth-order valence-corrected chi connectivity index (χ4v) is 5.36. The predicted octanol–water partition coefficient (Wildman–Crippen LogP) is 4.11. The van der Waals surface area contributed by atoms with Gasteiger partial charge in [-0.1, -0.05) is 30.3 Å². The van der Waals surface area contributed by atoms with Crippen LogP contribution in [0.15, 0.2) is 72.8 Å². The van der Waals surface area contributed by atoms with Crippen LogP contribution in [-0.2, 0) is 10.3 Å². The van der Waals surface area contributed by atoms with Crippen molar-refractivity contribution in [2.24, 2.45) is 5.92 Å². The number of para-hydroxylation sites is 1. The minimum atomic E-state index is -1.29. The van der Waals surface area contributed by atoms with Crippen LogP contribution in [0.2, 0.25) is 0 Å². The summed E-state index contributed by atoms with van der Waals surface area (Å²) in [6, 6.07) is 18.7. The molecule has 7 nitrogen and oxygen atoms in total. The Morgan fingerprint density at radius 2 is 1.85 bits per heavy atom. The molecule has 3 aromatic rings. The van der Waals surface area contributed by atoms with Gasteiger partial charge in [0.2, 0.25) is 5.91 Å². The van der Waals surface area contributed by atoms with Crippen molar-refractivity contribution in [1.82, 2.24) is 4.90 Å². The number of amides is 1. The van der Waals surface area contributed by atoms with Gasteiger partial charge in [-0.25, -0.2) is 4.39 Å². The molecule has 1 saturated heterocycles. The number of hydrogen-bond donors (Lipinski definition) is 1. The number of nitro benzene ring substituents is 1. The van der Waals surface area contributed by atoms with Crippen molar-refractivity contribution in [2.75, 3.05) is 18.9 Å². The van der Waals surface area contributed by atoms with Crippen LogP contribution in [0.4, 0.5) is 15.8 Å². The number of nitrogens with zero attached hydrogens (tertiary/aromatic N) is 2. The molecule has 2 aliphatic heterocycles. The largest absolute Gasteiger partial charge is 0.324 e. The maximum atomic E-state index is 14.0. The first-order valence-corrected chi connectivity index (χ1v) is 10.5. The number of nitro groups is 1. The zero-order valence-corrected chi connectivity index (χ0v) is 17.7. The molecule has 0 unspecified atom stereocenters. The van der Waals surface area contributed by atoms with E-state index in [9.17, 15) is 24.1 Å². The average molecular weight is 445 g/mol. The highest BCUT2D eigenvalue weighted by molar-refractivity contribution is 6.12. The van der Waals surface area contributed by atoms with Crippen LogP contribution >= 0.6 is 0 Å². The lowest BCUT2D eigenvalue weighted by molar-refractivity contribution is -0.384. The van der Waals surface area contributed by atoms with Gasteiger partial charge in [-0.05, 0) is 42.9 Å². The summed E-state index contributed by atoms with van der Waals surface area (Å²) < 4.78 is 13.6. The normalized spacial score (nSPS) is 24.0. The Balaban J connectivity index is 1.72. The van der Waals surface area contributed by atoms with Gasteiger partial charge in [0.25, 0.3) is 5.69 Å². The molecule has 166 valence electrons. The second-order valence-corrected chi connectivity index (χ2v) is 8.45. The monoisotopic (exact) mass is 445 g/mol. The van der Waals surface area contributed by atoms with Gasteiger partial charge in [0.05, 0.1) is 10.8 Å². The lowest BCUT2D eigenvalue weighted by Crippen LogP contribution is -2.51. The molecule has 3 atom stereocenters. The molecule has 0 radical (unpaired) electrons. The summed E-state index contributed by atoms with van der Waals surface area (Å²) in [6.45, 7) is 0.334. The van der Waals surface area contributed by atoms with Gasteiger partial charge in [0.15, 0.2) is 5.78 Å². The summed E-state index contributed by atoms with van der Waals surface area (Å²) in [4.78, 5) is 40.3. The van der Waals surface area contributed by atoms with Gasteiger partial charge >= 0.3 is 0 Å². The van der Waals surface area contributed by atoms with Crippen LogP contribution in [0.5, 0.6) is 0 Å². The second-order valence-electron chi connectivity index (χ2n) is 8.45. The minimum absolute atomic E-state index is 0.0830. The number of carbonyl (C=O) groups is 2. The molecule has 5 rings (SSSR count). The highest BCUT2D eigenvalue weighted by Gasteiger charge is 2.64. The van der Waals surface area contributed by atoms with Crippen molar-refractivity contribution in [3.63, 3.8) is 0 Å². The highest BCUT2D eigenvalue weighted by Crippen LogP contribution is 2.55. The van der Waals surface area contributed by atoms with E-state index < -0.39 is 28.1 Å². The fraction of sp³-hybridized carbons (Fsp3) is 0.200. The third-order valence-corrected chi connectivity index (χ3v) is 6.78. The standard InChI is InChI=1S/C25H20FN3O4/c1-28-14-19(16-5-4-6-18(13-16)29(32)33)22(23(30)15-9-11-17(26)12-10-15)25(28)20-7-2-3-8-21(20)27-24(25)31/h2-13,19,22H,14H2,1H3,(H,27,31)/t19-,22+,25+/m1/s1. The Labute approximate surface area is 189 Å². The number of carbonyl (C=O) groups excluding carboxylic acids is 2. The molecule has 0 saturated carbocycles. The van der Waals surface area contributed by atoms with E-state index in [1.807, 2.05) is 23.1 Å². The Morgan fingerprint density at radius 1 is 1.12 bits per heavy atom. The molecule has 2 heterocycles. The Morgan fingerprint density at radius 3 is 2.58 bits per heavy atom. The van der Waals surface area contributed by atoms with E-state index in [-0.39, 0.29) is 22.9 Å². The van der Waals surface area contributed by atoms with Gasteiger partial charge in [0, 0.05) is 41.4 Å². The number of anilines is 1. The second kappa shape index (κ2) is 7.60. The minimum Gasteiger partial charge on any atom is -0.324 e. The van der Waals surface area contributed by atoms with Crippen molar-refractivity contribution in [3.8, 4) is 0 Å². The summed E-state index contributed by atoms with van der Waals surface area (Å²) >= 11 is 0. The van der Waals surface area contributed by atoms with Crippen molar-refractivity contribution >= 4 is 23.1 Å². The molecule has 1 spiro atoms. The molecular weight excluding hydrogens is 425 g/mol.